The van der Waals surface area contributed by atoms with Crippen LogP contribution in [0.4, 0.5) is 4.39 Å². The minimum atomic E-state index is -0.404. The molecule has 0 atom stereocenters. The van der Waals surface area contributed by atoms with Crippen LogP contribution in [0.1, 0.15) is 15.9 Å². The fourth-order valence-electron chi connectivity index (χ4n) is 1.62. The van der Waals surface area contributed by atoms with Gasteiger partial charge in [0.15, 0.2) is 5.78 Å². The normalized spacial score (nSPS) is 10.4. The standard InChI is InChI=1S/C14H9ClFIO/c15-11-4-5-13(16)10(6-11)8-14(18)9-2-1-3-12(17)7-9/h1-7H,8H2. The molecule has 0 amide bonds. The van der Waals surface area contributed by atoms with Gasteiger partial charge in [0, 0.05) is 20.6 Å². The molecule has 2 aromatic carbocycles. The molecule has 0 bridgehead atoms. The van der Waals surface area contributed by atoms with Gasteiger partial charge in [0.2, 0.25) is 0 Å². The number of carbonyl (C=O) groups is 1. The third-order valence-electron chi connectivity index (χ3n) is 2.51. The number of rotatable bonds is 3. The van der Waals surface area contributed by atoms with Gasteiger partial charge in [0.25, 0.3) is 0 Å². The summed E-state index contributed by atoms with van der Waals surface area (Å²) in [4.78, 5) is 12.0. The van der Waals surface area contributed by atoms with Crippen molar-refractivity contribution in [2.45, 2.75) is 6.42 Å². The first kappa shape index (κ1) is 13.5. The third kappa shape index (κ3) is 3.29. The first-order valence-corrected chi connectivity index (χ1v) is 6.74. The van der Waals surface area contributed by atoms with Crippen molar-refractivity contribution < 1.29 is 9.18 Å². The molecule has 0 unspecified atom stereocenters. The molecule has 0 aliphatic rings. The summed E-state index contributed by atoms with van der Waals surface area (Å²) in [7, 11) is 0. The Morgan fingerprint density at radius 2 is 2.00 bits per heavy atom. The SMILES string of the molecule is O=C(Cc1cc(Cl)ccc1F)c1cccc(I)c1. The van der Waals surface area contributed by atoms with E-state index in [0.29, 0.717) is 16.1 Å². The maximum Gasteiger partial charge on any atom is 0.167 e. The maximum absolute atomic E-state index is 13.5. The Morgan fingerprint density at radius 3 is 2.72 bits per heavy atom. The van der Waals surface area contributed by atoms with E-state index in [9.17, 15) is 9.18 Å². The van der Waals surface area contributed by atoms with Crippen molar-refractivity contribution in [3.8, 4) is 0 Å². The van der Waals surface area contributed by atoms with Gasteiger partial charge in [-0.15, -0.1) is 0 Å². The second kappa shape index (κ2) is 5.80. The zero-order chi connectivity index (χ0) is 13.1. The van der Waals surface area contributed by atoms with Crippen LogP contribution >= 0.6 is 34.2 Å². The highest BCUT2D eigenvalue weighted by molar-refractivity contribution is 14.1. The summed E-state index contributed by atoms with van der Waals surface area (Å²) in [6.07, 6.45) is 0.0203. The van der Waals surface area contributed by atoms with Crippen LogP contribution in [0.15, 0.2) is 42.5 Å². The molecule has 0 fully saturated rings. The zero-order valence-corrected chi connectivity index (χ0v) is 12.2. The van der Waals surface area contributed by atoms with Crippen molar-refractivity contribution in [3.63, 3.8) is 0 Å². The van der Waals surface area contributed by atoms with E-state index in [1.807, 2.05) is 12.1 Å². The third-order valence-corrected chi connectivity index (χ3v) is 3.41. The summed E-state index contributed by atoms with van der Waals surface area (Å²) in [5.74, 6) is -0.520. The van der Waals surface area contributed by atoms with Crippen molar-refractivity contribution in [3.05, 3.63) is 68.0 Å². The average Bonchev–Trinajstić information content (AvgIpc) is 2.34. The number of carbonyl (C=O) groups excluding carboxylic acids is 1. The van der Waals surface area contributed by atoms with E-state index in [0.717, 1.165) is 3.57 Å². The fraction of sp³-hybridized carbons (Fsp3) is 0.0714. The highest BCUT2D eigenvalue weighted by Crippen LogP contribution is 2.17. The summed E-state index contributed by atoms with van der Waals surface area (Å²) in [6, 6.07) is 11.5. The van der Waals surface area contributed by atoms with Crippen molar-refractivity contribution in [1.29, 1.82) is 0 Å². The Kier molecular flexibility index (Phi) is 4.35. The second-order valence-electron chi connectivity index (χ2n) is 3.85. The number of Topliss-reactive ketones (excluding diaryl/α,β-unsaturated/α-hetero) is 1. The Morgan fingerprint density at radius 1 is 1.22 bits per heavy atom. The summed E-state index contributed by atoms with van der Waals surface area (Å²) in [6.45, 7) is 0. The monoisotopic (exact) mass is 374 g/mol. The molecule has 2 aromatic rings. The van der Waals surface area contributed by atoms with E-state index >= 15 is 0 Å². The molecule has 0 aliphatic heterocycles. The lowest BCUT2D eigenvalue weighted by atomic mass is 10.0. The molecule has 18 heavy (non-hydrogen) atoms. The van der Waals surface area contributed by atoms with E-state index in [1.54, 1.807) is 12.1 Å². The summed E-state index contributed by atoms with van der Waals surface area (Å²) < 4.78 is 14.5. The molecule has 4 heteroatoms. The lowest BCUT2D eigenvalue weighted by Gasteiger charge is -2.04. The van der Waals surface area contributed by atoms with Crippen molar-refractivity contribution in [2.75, 3.05) is 0 Å². The van der Waals surface area contributed by atoms with Gasteiger partial charge in [-0.2, -0.15) is 0 Å². The highest BCUT2D eigenvalue weighted by Gasteiger charge is 2.11. The average molecular weight is 375 g/mol. The van der Waals surface area contributed by atoms with Gasteiger partial charge in [0.1, 0.15) is 5.82 Å². The predicted octanol–water partition coefficient (Wildman–Crippen LogP) is 4.51. The number of hydrogen-bond donors (Lipinski definition) is 0. The Bertz CT molecular complexity index is 598. The Balaban J connectivity index is 2.24. The van der Waals surface area contributed by atoms with Crippen LogP contribution in [0.2, 0.25) is 5.02 Å². The molecule has 1 nitrogen and oxygen atoms in total. The van der Waals surface area contributed by atoms with Gasteiger partial charge in [0.05, 0.1) is 0 Å². The van der Waals surface area contributed by atoms with Crippen molar-refractivity contribution >= 4 is 40.0 Å². The molecule has 0 N–H and O–H groups in total. The van der Waals surface area contributed by atoms with Gasteiger partial charge >= 0.3 is 0 Å². The minimum absolute atomic E-state index is 0.0203. The summed E-state index contributed by atoms with van der Waals surface area (Å²) in [5, 5.41) is 0.432. The second-order valence-corrected chi connectivity index (χ2v) is 5.53. The van der Waals surface area contributed by atoms with Crippen LogP contribution in [0.5, 0.6) is 0 Å². The van der Waals surface area contributed by atoms with Crippen LogP contribution in [-0.4, -0.2) is 5.78 Å². The number of halogens is 3. The van der Waals surface area contributed by atoms with Gasteiger partial charge in [-0.1, -0.05) is 23.7 Å². The maximum atomic E-state index is 13.5. The van der Waals surface area contributed by atoms with E-state index in [1.165, 1.54) is 18.2 Å². The first-order valence-electron chi connectivity index (χ1n) is 5.29. The number of ketones is 1. The zero-order valence-electron chi connectivity index (χ0n) is 9.29. The quantitative estimate of drug-likeness (QED) is 0.571. The molecule has 2 rings (SSSR count). The fourth-order valence-corrected chi connectivity index (χ4v) is 2.35. The summed E-state index contributed by atoms with van der Waals surface area (Å²) >= 11 is 7.93. The molecule has 0 saturated carbocycles. The van der Waals surface area contributed by atoms with E-state index in [2.05, 4.69) is 22.6 Å². The lowest BCUT2D eigenvalue weighted by molar-refractivity contribution is 0.0992. The molecular weight excluding hydrogens is 366 g/mol. The Hall–Kier alpha value is -0.940. The number of hydrogen-bond acceptors (Lipinski definition) is 1. The minimum Gasteiger partial charge on any atom is -0.294 e. The van der Waals surface area contributed by atoms with Crippen LogP contribution in [0.25, 0.3) is 0 Å². The predicted molar refractivity (Wildman–Crippen MR) is 78.6 cm³/mol. The van der Waals surface area contributed by atoms with Crippen molar-refractivity contribution in [2.24, 2.45) is 0 Å². The molecule has 0 aromatic heterocycles. The molecule has 0 radical (unpaired) electrons. The van der Waals surface area contributed by atoms with Gasteiger partial charge < -0.3 is 0 Å². The van der Waals surface area contributed by atoms with E-state index in [4.69, 9.17) is 11.6 Å². The topological polar surface area (TPSA) is 17.1 Å². The van der Waals surface area contributed by atoms with E-state index in [-0.39, 0.29) is 12.2 Å². The molecule has 0 saturated heterocycles. The van der Waals surface area contributed by atoms with Crippen LogP contribution < -0.4 is 0 Å². The van der Waals surface area contributed by atoms with Gasteiger partial charge in [-0.3, -0.25) is 4.79 Å². The van der Waals surface area contributed by atoms with Crippen molar-refractivity contribution in [1.82, 2.24) is 0 Å². The first-order chi connectivity index (χ1) is 8.56. The Labute approximate surface area is 123 Å². The molecular formula is C14H9ClFIO. The molecule has 0 heterocycles. The van der Waals surface area contributed by atoms with Gasteiger partial charge in [-0.05, 0) is 58.5 Å². The molecule has 92 valence electrons. The largest absolute Gasteiger partial charge is 0.294 e. The number of benzene rings is 2. The van der Waals surface area contributed by atoms with E-state index < -0.39 is 5.82 Å². The molecule has 0 spiro atoms. The summed E-state index contributed by atoms with van der Waals surface area (Å²) in [5.41, 5.74) is 0.910. The smallest absolute Gasteiger partial charge is 0.167 e. The van der Waals surface area contributed by atoms with Crippen LogP contribution in [0, 0.1) is 9.39 Å². The lowest BCUT2D eigenvalue weighted by Crippen LogP contribution is -2.05. The van der Waals surface area contributed by atoms with Crippen LogP contribution in [0.3, 0.4) is 0 Å². The highest BCUT2D eigenvalue weighted by atomic mass is 127. The van der Waals surface area contributed by atoms with Crippen LogP contribution in [-0.2, 0) is 6.42 Å². The van der Waals surface area contributed by atoms with Gasteiger partial charge in [-0.25, -0.2) is 4.39 Å². The molecule has 0 aliphatic carbocycles.